The van der Waals surface area contributed by atoms with E-state index in [0.717, 1.165) is 28.7 Å². The summed E-state index contributed by atoms with van der Waals surface area (Å²) in [5.41, 5.74) is 4.75. The number of halogens is 2. The molecule has 1 aliphatic carbocycles. The van der Waals surface area contributed by atoms with Crippen molar-refractivity contribution in [3.63, 3.8) is 0 Å². The first-order valence-corrected chi connectivity index (χ1v) is 9.30. The summed E-state index contributed by atoms with van der Waals surface area (Å²) in [7, 11) is 0. The Balaban J connectivity index is 1.92. The number of hydrogen-bond donors (Lipinski definition) is 1. The molecular formula is C20H18Cl2N2O2. The molecule has 0 aromatic heterocycles. The number of benzene rings is 2. The maximum absolute atomic E-state index is 11.7. The predicted octanol–water partition coefficient (Wildman–Crippen LogP) is 6.34. The van der Waals surface area contributed by atoms with Gasteiger partial charge >= 0.3 is 0 Å². The van der Waals surface area contributed by atoms with E-state index in [1.54, 1.807) is 12.1 Å². The van der Waals surface area contributed by atoms with Crippen LogP contribution in [-0.4, -0.2) is 4.92 Å². The zero-order valence-electron chi connectivity index (χ0n) is 14.4. The van der Waals surface area contributed by atoms with Crippen molar-refractivity contribution < 1.29 is 4.92 Å². The van der Waals surface area contributed by atoms with Crippen molar-refractivity contribution in [3.8, 4) is 0 Å². The number of nitrogens with zero attached hydrogens (tertiary/aromatic N) is 1. The number of rotatable bonds is 2. The molecule has 26 heavy (non-hydrogen) atoms. The Morgan fingerprint density at radius 3 is 2.69 bits per heavy atom. The minimum absolute atomic E-state index is 0.104. The Kier molecular flexibility index (Phi) is 4.20. The number of nitrogens with one attached hydrogen (secondary N) is 1. The Bertz CT molecular complexity index is 955. The first-order chi connectivity index (χ1) is 12.4. The van der Waals surface area contributed by atoms with Crippen LogP contribution in [-0.2, 0) is 0 Å². The average Bonchev–Trinajstić information content (AvgIpc) is 3.06. The van der Waals surface area contributed by atoms with Gasteiger partial charge in [0.1, 0.15) is 5.69 Å². The first kappa shape index (κ1) is 17.4. The number of nitro benzene ring substituents is 1. The van der Waals surface area contributed by atoms with Crippen LogP contribution in [0.15, 0.2) is 36.4 Å². The molecule has 4 rings (SSSR count). The van der Waals surface area contributed by atoms with E-state index >= 15 is 0 Å². The van der Waals surface area contributed by atoms with E-state index < -0.39 is 0 Å². The van der Waals surface area contributed by atoms with Crippen LogP contribution in [0.3, 0.4) is 0 Å². The maximum atomic E-state index is 11.7. The standard InChI is InChI=1S/C20H18Cl2N2O2/c1-10-8-17(24(25)26)20-18(11(10)2)13-4-3-5-14(13)19(23-20)15-7-6-12(21)9-16(15)22/h3-4,6-9,13-14,19,23H,5H2,1-2H3/t13-,14-,19-/m1/s1. The van der Waals surface area contributed by atoms with Crippen molar-refractivity contribution in [1.29, 1.82) is 0 Å². The highest BCUT2D eigenvalue weighted by Crippen LogP contribution is 2.54. The summed E-state index contributed by atoms with van der Waals surface area (Å²) < 4.78 is 0. The van der Waals surface area contributed by atoms with E-state index in [1.807, 2.05) is 26.0 Å². The van der Waals surface area contributed by atoms with Crippen LogP contribution < -0.4 is 5.32 Å². The van der Waals surface area contributed by atoms with E-state index in [9.17, 15) is 10.1 Å². The highest BCUT2D eigenvalue weighted by Gasteiger charge is 2.42. The van der Waals surface area contributed by atoms with Crippen molar-refractivity contribution in [2.75, 3.05) is 5.32 Å². The summed E-state index contributed by atoms with van der Waals surface area (Å²) in [5, 5.41) is 16.3. The van der Waals surface area contributed by atoms with E-state index in [1.165, 1.54) is 0 Å². The second-order valence-corrected chi connectivity index (χ2v) is 7.87. The molecule has 0 amide bonds. The van der Waals surface area contributed by atoms with Crippen LogP contribution in [0.5, 0.6) is 0 Å². The molecule has 0 unspecified atom stereocenters. The molecule has 6 heteroatoms. The molecule has 0 saturated heterocycles. The third kappa shape index (κ3) is 2.60. The Morgan fingerprint density at radius 1 is 1.23 bits per heavy atom. The van der Waals surface area contributed by atoms with Crippen molar-refractivity contribution in [3.05, 3.63) is 78.8 Å². The van der Waals surface area contributed by atoms with Gasteiger partial charge in [0.05, 0.1) is 11.0 Å². The van der Waals surface area contributed by atoms with Gasteiger partial charge in [-0.15, -0.1) is 0 Å². The zero-order chi connectivity index (χ0) is 18.6. The lowest BCUT2D eigenvalue weighted by Crippen LogP contribution is -2.30. The minimum Gasteiger partial charge on any atom is -0.372 e. The molecule has 2 aromatic rings. The molecule has 1 aliphatic heterocycles. The van der Waals surface area contributed by atoms with Gasteiger partial charge in [0.15, 0.2) is 0 Å². The molecule has 0 saturated carbocycles. The predicted molar refractivity (Wildman–Crippen MR) is 105 cm³/mol. The zero-order valence-corrected chi connectivity index (χ0v) is 15.9. The number of allylic oxidation sites excluding steroid dienone is 2. The van der Waals surface area contributed by atoms with Crippen LogP contribution in [0.4, 0.5) is 11.4 Å². The van der Waals surface area contributed by atoms with E-state index in [4.69, 9.17) is 23.2 Å². The lowest BCUT2D eigenvalue weighted by Gasteiger charge is -2.38. The molecule has 1 N–H and O–H groups in total. The van der Waals surface area contributed by atoms with Gasteiger partial charge in [-0.2, -0.15) is 0 Å². The summed E-state index contributed by atoms with van der Waals surface area (Å²) in [6.07, 6.45) is 5.25. The molecule has 2 aliphatic rings. The third-order valence-corrected chi connectivity index (χ3v) is 6.21. The molecule has 3 atom stereocenters. The largest absolute Gasteiger partial charge is 0.372 e. The lowest BCUT2D eigenvalue weighted by atomic mass is 9.74. The molecule has 4 nitrogen and oxygen atoms in total. The van der Waals surface area contributed by atoms with Crippen LogP contribution in [0.25, 0.3) is 0 Å². The second-order valence-electron chi connectivity index (χ2n) is 7.02. The van der Waals surface area contributed by atoms with Crippen molar-refractivity contribution >= 4 is 34.6 Å². The monoisotopic (exact) mass is 388 g/mol. The number of nitro groups is 1. The molecule has 0 spiro atoms. The van der Waals surface area contributed by atoms with E-state index in [2.05, 4.69) is 17.5 Å². The van der Waals surface area contributed by atoms with Gasteiger partial charge in [-0.3, -0.25) is 10.1 Å². The SMILES string of the molecule is Cc1cc([N+](=O)[O-])c2c(c1C)[C@@H]1C=CC[C@H]1[C@H](c1ccc(Cl)cc1Cl)N2. The van der Waals surface area contributed by atoms with E-state index in [-0.39, 0.29) is 28.5 Å². The molecule has 2 aromatic carbocycles. The maximum Gasteiger partial charge on any atom is 0.292 e. The van der Waals surface area contributed by atoms with Crippen LogP contribution in [0, 0.1) is 29.9 Å². The Morgan fingerprint density at radius 2 is 2.00 bits per heavy atom. The Hall–Kier alpha value is -2.04. The van der Waals surface area contributed by atoms with Crippen molar-refractivity contribution in [1.82, 2.24) is 0 Å². The summed E-state index contributed by atoms with van der Waals surface area (Å²) in [6.45, 7) is 3.97. The van der Waals surface area contributed by atoms with Crippen LogP contribution in [0.1, 0.15) is 40.6 Å². The fraction of sp³-hybridized carbons (Fsp3) is 0.300. The van der Waals surface area contributed by atoms with Gasteiger partial charge in [0.25, 0.3) is 5.69 Å². The Labute approximate surface area is 162 Å². The van der Waals surface area contributed by atoms with E-state index in [0.29, 0.717) is 15.7 Å². The smallest absolute Gasteiger partial charge is 0.292 e. The molecule has 0 radical (unpaired) electrons. The average molecular weight is 389 g/mol. The molecular weight excluding hydrogens is 371 g/mol. The summed E-state index contributed by atoms with van der Waals surface area (Å²) in [4.78, 5) is 11.4. The lowest BCUT2D eigenvalue weighted by molar-refractivity contribution is -0.384. The first-order valence-electron chi connectivity index (χ1n) is 8.55. The highest BCUT2D eigenvalue weighted by molar-refractivity contribution is 6.35. The third-order valence-electron chi connectivity index (χ3n) is 5.64. The minimum atomic E-state index is -0.308. The molecule has 0 bridgehead atoms. The summed E-state index contributed by atoms with van der Waals surface area (Å²) in [6, 6.07) is 7.00. The van der Waals surface area contributed by atoms with Gasteiger partial charge in [0.2, 0.25) is 0 Å². The van der Waals surface area contributed by atoms with Crippen molar-refractivity contribution in [2.24, 2.45) is 5.92 Å². The number of hydrogen-bond acceptors (Lipinski definition) is 3. The van der Waals surface area contributed by atoms with Gasteiger partial charge in [-0.25, -0.2) is 0 Å². The summed E-state index contributed by atoms with van der Waals surface area (Å²) >= 11 is 12.5. The van der Waals surface area contributed by atoms with Gasteiger partial charge < -0.3 is 5.32 Å². The van der Waals surface area contributed by atoms with Crippen LogP contribution >= 0.6 is 23.2 Å². The normalized spacial score (nSPS) is 23.3. The summed E-state index contributed by atoms with van der Waals surface area (Å²) in [5.74, 6) is 0.405. The number of fused-ring (bicyclic) bond motifs is 3. The molecule has 1 heterocycles. The number of aryl methyl sites for hydroxylation is 1. The van der Waals surface area contributed by atoms with Gasteiger partial charge in [-0.1, -0.05) is 41.4 Å². The topological polar surface area (TPSA) is 55.2 Å². The number of anilines is 1. The molecule has 134 valence electrons. The highest BCUT2D eigenvalue weighted by atomic mass is 35.5. The van der Waals surface area contributed by atoms with Gasteiger partial charge in [-0.05, 0) is 60.6 Å². The fourth-order valence-corrected chi connectivity index (χ4v) is 4.81. The van der Waals surface area contributed by atoms with Crippen molar-refractivity contribution in [2.45, 2.75) is 32.2 Å². The second kappa shape index (κ2) is 6.29. The molecule has 0 fully saturated rings. The fourth-order valence-electron chi connectivity index (χ4n) is 4.29. The van der Waals surface area contributed by atoms with Gasteiger partial charge in [0, 0.05) is 22.0 Å². The quantitative estimate of drug-likeness (QED) is 0.370. The van der Waals surface area contributed by atoms with Crippen LogP contribution in [0.2, 0.25) is 10.0 Å².